The van der Waals surface area contributed by atoms with Gasteiger partial charge in [-0.1, -0.05) is 264 Å². The summed E-state index contributed by atoms with van der Waals surface area (Å²) in [4.78, 5) is 73.1. The number of aliphatic hydroxyl groups excluding tert-OH is 1. The van der Waals surface area contributed by atoms with E-state index in [1.807, 2.05) is 0 Å². The average molecular weight is 1500 g/mol. The fraction of sp³-hybridized carbons (Fsp3) is 0.694. The Morgan fingerprint density at radius 3 is 0.779 bits per heavy atom. The lowest BCUT2D eigenvalue weighted by atomic mass is 10.1. The number of aliphatic hydroxyl groups is 1. The van der Waals surface area contributed by atoms with Crippen molar-refractivity contribution < 1.29 is 80.2 Å². The predicted octanol–water partition coefficient (Wildman–Crippen LogP) is 23.7. The Morgan fingerprint density at radius 1 is 0.279 bits per heavy atom. The molecule has 0 saturated heterocycles. The number of carbonyl (C=O) groups excluding carboxylic acids is 4. The van der Waals surface area contributed by atoms with Crippen LogP contribution in [0.1, 0.15) is 323 Å². The third kappa shape index (κ3) is 75.4. The molecule has 5 atom stereocenters. The van der Waals surface area contributed by atoms with Crippen molar-refractivity contribution in [1.82, 2.24) is 0 Å². The van der Waals surface area contributed by atoms with E-state index in [9.17, 15) is 43.2 Å². The van der Waals surface area contributed by atoms with E-state index in [-0.39, 0.29) is 25.7 Å². The van der Waals surface area contributed by atoms with E-state index in [1.54, 1.807) is 0 Å². The topological polar surface area (TPSA) is 237 Å². The highest BCUT2D eigenvalue weighted by Crippen LogP contribution is 2.45. The third-order valence-corrected chi connectivity index (χ3v) is 18.5. The number of phosphoric ester groups is 2. The number of hydrogen-bond acceptors (Lipinski definition) is 15. The minimum absolute atomic E-state index is 0.0490. The smallest absolute Gasteiger partial charge is 0.462 e. The Labute approximate surface area is 631 Å². The Balaban J connectivity index is 5.44. The van der Waals surface area contributed by atoms with Gasteiger partial charge in [0.15, 0.2) is 12.2 Å². The molecule has 0 aromatic carbocycles. The number of carbonyl (C=O) groups is 4. The van der Waals surface area contributed by atoms with Crippen LogP contribution in [0.15, 0.2) is 134 Å². The molecule has 0 amide bonds. The standard InChI is InChI=1S/C85H144O17P2/c1-5-9-13-17-21-25-29-33-37-38-39-40-44-48-52-56-60-64-68-72-85(90)102-81(76-96-83(88)70-66-62-58-54-50-46-42-35-31-27-23-19-15-11-7-3)78-100-104(93,94)98-74-79(86)73-97-103(91,92)99-77-80(101-84(89)71-67-63-59-55-51-47-43-36-32-28-24-20-16-12-8-4)75-95-82(87)69-65-61-57-53-49-45-41-34-30-26-22-18-14-10-6-2/h9,13,21-28,33-37,39-43,48,52,79-81,86H,5-8,10-12,14-20,29-32,38,44-47,49-51,53-78H2,1-4H3,(H,91,92)(H,93,94)/b13-9-,25-21-,26-22-,27-23-,28-24-,37-33-,40-39-,41-34-,42-35-,43-36-,52-48-/t79-,80+,81+/m0/s1. The lowest BCUT2D eigenvalue weighted by molar-refractivity contribution is -0.161. The average Bonchev–Trinajstić information content (AvgIpc) is 0.943. The molecule has 17 nitrogen and oxygen atoms in total. The van der Waals surface area contributed by atoms with Crippen molar-refractivity contribution in [1.29, 1.82) is 0 Å². The molecule has 0 spiro atoms. The van der Waals surface area contributed by atoms with Crippen LogP contribution in [-0.4, -0.2) is 96.7 Å². The summed E-state index contributed by atoms with van der Waals surface area (Å²) in [6.07, 6.45) is 85.6. The first-order valence-electron chi connectivity index (χ1n) is 40.4. The van der Waals surface area contributed by atoms with E-state index < -0.39 is 97.5 Å². The maximum Gasteiger partial charge on any atom is 0.472 e. The van der Waals surface area contributed by atoms with Gasteiger partial charge < -0.3 is 33.8 Å². The summed E-state index contributed by atoms with van der Waals surface area (Å²) in [6.45, 7) is 4.61. The van der Waals surface area contributed by atoms with Crippen LogP contribution >= 0.6 is 15.6 Å². The van der Waals surface area contributed by atoms with Crippen LogP contribution in [0.5, 0.6) is 0 Å². The van der Waals surface area contributed by atoms with Crippen LogP contribution in [0.3, 0.4) is 0 Å². The summed E-state index contributed by atoms with van der Waals surface area (Å²) >= 11 is 0. The van der Waals surface area contributed by atoms with Crippen molar-refractivity contribution in [2.24, 2.45) is 0 Å². The van der Waals surface area contributed by atoms with Crippen LogP contribution in [0, 0.1) is 0 Å². The van der Waals surface area contributed by atoms with Crippen LogP contribution < -0.4 is 0 Å². The number of ether oxygens (including phenoxy) is 4. The quantitative estimate of drug-likeness (QED) is 0.0169. The van der Waals surface area contributed by atoms with Crippen LogP contribution in [0.25, 0.3) is 0 Å². The molecule has 0 aliphatic carbocycles. The molecule has 0 aromatic heterocycles. The van der Waals surface area contributed by atoms with Crippen LogP contribution in [0.4, 0.5) is 0 Å². The van der Waals surface area contributed by atoms with Crippen molar-refractivity contribution >= 4 is 39.5 Å². The fourth-order valence-electron chi connectivity index (χ4n) is 10.4. The molecule has 0 aliphatic heterocycles. The normalized spacial score (nSPS) is 14.6. The monoisotopic (exact) mass is 1500 g/mol. The third-order valence-electron chi connectivity index (χ3n) is 16.6. The first kappa shape index (κ1) is 99.2. The van der Waals surface area contributed by atoms with Crippen LogP contribution in [0.2, 0.25) is 0 Å². The second-order valence-corrected chi connectivity index (χ2v) is 29.5. The van der Waals surface area contributed by atoms with Gasteiger partial charge >= 0.3 is 39.5 Å². The lowest BCUT2D eigenvalue weighted by Crippen LogP contribution is -2.30. The number of phosphoric acid groups is 2. The first-order valence-corrected chi connectivity index (χ1v) is 43.4. The minimum Gasteiger partial charge on any atom is -0.462 e. The largest absolute Gasteiger partial charge is 0.472 e. The predicted molar refractivity (Wildman–Crippen MR) is 427 cm³/mol. The zero-order valence-corrected chi connectivity index (χ0v) is 66.9. The molecular formula is C85H144O17P2. The summed E-state index contributed by atoms with van der Waals surface area (Å²) in [5, 5.41) is 10.6. The molecule has 104 heavy (non-hydrogen) atoms. The van der Waals surface area contributed by atoms with Gasteiger partial charge in [-0.2, -0.15) is 0 Å². The number of rotatable bonds is 75. The number of hydrogen-bond donors (Lipinski definition) is 3. The zero-order valence-electron chi connectivity index (χ0n) is 65.2. The SMILES string of the molecule is CC/C=C\C/C=C\C/C=C\C/C=C\C/C=C\CCCCCC(=O)O[C@H](COC(=O)CCCCCCC/C=C\C/C=C\CCCCC)COP(=O)(O)OC[C@@H](O)COP(=O)(O)OC[C@@H](COC(=O)CCCCCCC/C=C\C/C=C\CCCCC)OC(=O)CCCCCCC/C=C\C/C=C\CCCCC. The second kappa shape index (κ2) is 76.4. The number of allylic oxidation sites excluding steroid dienone is 22. The Bertz CT molecular complexity index is 2490. The van der Waals surface area contributed by atoms with E-state index in [1.165, 1.54) is 57.8 Å². The molecule has 3 N–H and O–H groups in total. The van der Waals surface area contributed by atoms with E-state index in [0.717, 1.165) is 186 Å². The highest BCUT2D eigenvalue weighted by atomic mass is 31.2. The van der Waals surface area contributed by atoms with Crippen molar-refractivity contribution in [3.8, 4) is 0 Å². The fourth-order valence-corrected chi connectivity index (χ4v) is 12.0. The Hall–Kier alpha value is -4.80. The van der Waals surface area contributed by atoms with Crippen molar-refractivity contribution in [2.75, 3.05) is 39.6 Å². The van der Waals surface area contributed by atoms with E-state index >= 15 is 0 Å². The Morgan fingerprint density at radius 2 is 0.500 bits per heavy atom. The summed E-state index contributed by atoms with van der Waals surface area (Å²) in [5.41, 5.74) is 0. The number of unbranched alkanes of at least 4 members (excludes halogenated alkanes) is 27. The van der Waals surface area contributed by atoms with Gasteiger partial charge in [0.25, 0.3) is 0 Å². The summed E-state index contributed by atoms with van der Waals surface area (Å²) < 4.78 is 68.6. The maximum absolute atomic E-state index is 13.1. The molecule has 0 bridgehead atoms. The molecule has 2 unspecified atom stereocenters. The summed E-state index contributed by atoms with van der Waals surface area (Å²) in [5.74, 6) is -2.26. The molecule has 0 radical (unpaired) electrons. The Kier molecular flexibility index (Phi) is 72.9. The maximum atomic E-state index is 13.1. The molecular weight excluding hydrogens is 1350 g/mol. The highest BCUT2D eigenvalue weighted by molar-refractivity contribution is 7.47. The van der Waals surface area contributed by atoms with Gasteiger partial charge in [-0.25, -0.2) is 9.13 Å². The van der Waals surface area contributed by atoms with Gasteiger partial charge in [0, 0.05) is 25.7 Å². The summed E-state index contributed by atoms with van der Waals surface area (Å²) in [7, 11) is -9.99. The highest BCUT2D eigenvalue weighted by Gasteiger charge is 2.30. The van der Waals surface area contributed by atoms with E-state index in [0.29, 0.717) is 25.7 Å². The molecule has 0 saturated carbocycles. The van der Waals surface area contributed by atoms with Crippen LogP contribution in [-0.2, 0) is 65.4 Å². The molecule has 0 aromatic rings. The first-order chi connectivity index (χ1) is 50.7. The van der Waals surface area contributed by atoms with Gasteiger partial charge in [0.2, 0.25) is 0 Å². The van der Waals surface area contributed by atoms with Gasteiger partial charge in [0.1, 0.15) is 19.3 Å². The molecule has 19 heteroatoms. The van der Waals surface area contributed by atoms with E-state index in [4.69, 9.17) is 37.0 Å². The molecule has 0 fully saturated rings. The second-order valence-electron chi connectivity index (χ2n) is 26.6. The summed E-state index contributed by atoms with van der Waals surface area (Å²) in [6, 6.07) is 0. The van der Waals surface area contributed by atoms with Gasteiger partial charge in [-0.05, 0) is 167 Å². The zero-order chi connectivity index (χ0) is 76.0. The number of esters is 4. The lowest BCUT2D eigenvalue weighted by Gasteiger charge is -2.21. The van der Waals surface area contributed by atoms with Crippen molar-refractivity contribution in [3.05, 3.63) is 134 Å². The van der Waals surface area contributed by atoms with Crippen molar-refractivity contribution in [3.63, 3.8) is 0 Å². The molecule has 596 valence electrons. The molecule has 0 aliphatic rings. The van der Waals surface area contributed by atoms with E-state index in [2.05, 4.69) is 161 Å². The minimum atomic E-state index is -5.00. The van der Waals surface area contributed by atoms with Gasteiger partial charge in [-0.15, -0.1) is 0 Å². The van der Waals surface area contributed by atoms with Gasteiger partial charge in [-0.3, -0.25) is 37.3 Å². The van der Waals surface area contributed by atoms with Gasteiger partial charge in [0.05, 0.1) is 26.4 Å². The molecule has 0 rings (SSSR count). The molecule has 0 heterocycles. The van der Waals surface area contributed by atoms with Crippen molar-refractivity contribution in [2.45, 2.75) is 341 Å².